The summed E-state index contributed by atoms with van der Waals surface area (Å²) in [6, 6.07) is 6.19. The van der Waals surface area contributed by atoms with E-state index in [0.717, 1.165) is 43.5 Å². The van der Waals surface area contributed by atoms with Crippen molar-refractivity contribution >= 4 is 23.2 Å². The smallest absolute Gasteiger partial charge is 0.251 e. The van der Waals surface area contributed by atoms with Gasteiger partial charge in [-0.15, -0.1) is 0 Å². The maximum absolute atomic E-state index is 13.4. The molecule has 2 N–H and O–H groups in total. The fraction of sp³-hybridized carbons (Fsp3) is 0.481. The van der Waals surface area contributed by atoms with E-state index in [2.05, 4.69) is 51.2 Å². The van der Waals surface area contributed by atoms with Gasteiger partial charge in [-0.25, -0.2) is 9.67 Å². The second-order valence-corrected chi connectivity index (χ2v) is 10.4. The lowest BCUT2D eigenvalue weighted by Crippen LogP contribution is -2.42. The monoisotopic (exact) mass is 525 g/mol. The first kappa shape index (κ1) is 26.9. The molecular weight excluding hydrogens is 490 g/mol. The third kappa shape index (κ3) is 5.88. The SMILES string of the molecule is CCN(c1cc(Cl)cc(C(=O)NCc2c(-n3cncn3)[nH]c(C)cc2=O)c1C)C1CCC(N(C)C)CC1. The van der Waals surface area contributed by atoms with Crippen LogP contribution in [0.15, 0.2) is 35.6 Å². The number of aryl methyl sites for hydroxylation is 1. The summed E-state index contributed by atoms with van der Waals surface area (Å²) >= 11 is 6.54. The minimum Gasteiger partial charge on any atom is -0.369 e. The van der Waals surface area contributed by atoms with E-state index < -0.39 is 0 Å². The molecule has 0 radical (unpaired) electrons. The Balaban J connectivity index is 1.57. The number of hydrogen-bond donors (Lipinski definition) is 2. The molecule has 3 aromatic rings. The topological polar surface area (TPSA) is 99.1 Å². The van der Waals surface area contributed by atoms with Crippen molar-refractivity contribution in [3.63, 3.8) is 0 Å². The summed E-state index contributed by atoms with van der Waals surface area (Å²) in [5.41, 5.74) is 3.29. The molecule has 10 heteroatoms. The molecule has 198 valence electrons. The van der Waals surface area contributed by atoms with Gasteiger partial charge in [-0.05, 0) is 78.2 Å². The molecule has 1 aromatic carbocycles. The predicted octanol–water partition coefficient (Wildman–Crippen LogP) is 3.85. The maximum atomic E-state index is 13.4. The molecular formula is C27H36ClN7O2. The average molecular weight is 526 g/mol. The highest BCUT2D eigenvalue weighted by Crippen LogP contribution is 2.34. The number of rotatable bonds is 8. The minimum absolute atomic E-state index is 0.0387. The molecule has 1 saturated carbocycles. The van der Waals surface area contributed by atoms with Crippen LogP contribution in [0.1, 0.15) is 59.8 Å². The van der Waals surface area contributed by atoms with Crippen LogP contribution < -0.4 is 15.6 Å². The summed E-state index contributed by atoms with van der Waals surface area (Å²) in [5, 5.41) is 7.58. The van der Waals surface area contributed by atoms with Crippen molar-refractivity contribution in [3.8, 4) is 5.82 Å². The summed E-state index contributed by atoms with van der Waals surface area (Å²) < 4.78 is 1.49. The Morgan fingerprint density at radius 3 is 2.49 bits per heavy atom. The Kier molecular flexibility index (Phi) is 8.34. The van der Waals surface area contributed by atoms with Crippen molar-refractivity contribution < 1.29 is 4.79 Å². The van der Waals surface area contributed by atoms with Crippen molar-refractivity contribution in [1.29, 1.82) is 0 Å². The molecule has 2 aromatic heterocycles. The molecule has 1 aliphatic rings. The molecule has 0 aliphatic heterocycles. The number of carbonyl (C=O) groups excluding carboxylic acids is 1. The van der Waals surface area contributed by atoms with Crippen LogP contribution in [0.4, 0.5) is 5.69 Å². The van der Waals surface area contributed by atoms with Gasteiger partial charge in [-0.3, -0.25) is 9.59 Å². The molecule has 0 unspecified atom stereocenters. The van der Waals surface area contributed by atoms with Crippen LogP contribution in [-0.4, -0.2) is 63.3 Å². The molecule has 0 atom stereocenters. The third-order valence-electron chi connectivity index (χ3n) is 7.40. The van der Waals surface area contributed by atoms with Crippen molar-refractivity contribution in [2.75, 3.05) is 25.5 Å². The maximum Gasteiger partial charge on any atom is 0.251 e. The number of halogens is 1. The number of benzene rings is 1. The number of carbonyl (C=O) groups is 1. The zero-order valence-corrected chi connectivity index (χ0v) is 23.0. The van der Waals surface area contributed by atoms with Gasteiger partial charge in [0.25, 0.3) is 5.91 Å². The first-order valence-electron chi connectivity index (χ1n) is 12.8. The van der Waals surface area contributed by atoms with Crippen LogP contribution in [0.25, 0.3) is 5.82 Å². The minimum atomic E-state index is -0.280. The zero-order valence-electron chi connectivity index (χ0n) is 22.2. The van der Waals surface area contributed by atoms with E-state index in [4.69, 9.17) is 11.6 Å². The van der Waals surface area contributed by atoms with Crippen LogP contribution in [0.3, 0.4) is 0 Å². The molecule has 9 nitrogen and oxygen atoms in total. The van der Waals surface area contributed by atoms with Crippen LogP contribution in [-0.2, 0) is 6.54 Å². The van der Waals surface area contributed by atoms with E-state index in [1.165, 1.54) is 23.4 Å². The molecule has 0 saturated heterocycles. The number of aromatic amines is 1. The summed E-state index contributed by atoms with van der Waals surface area (Å²) in [4.78, 5) is 38.0. The van der Waals surface area contributed by atoms with Crippen molar-refractivity contribution in [2.24, 2.45) is 0 Å². The highest BCUT2D eigenvalue weighted by atomic mass is 35.5. The van der Waals surface area contributed by atoms with Gasteiger partial charge in [-0.2, -0.15) is 5.10 Å². The zero-order chi connectivity index (χ0) is 26.7. The van der Waals surface area contributed by atoms with Gasteiger partial charge in [-0.1, -0.05) is 11.6 Å². The largest absolute Gasteiger partial charge is 0.369 e. The molecule has 1 aliphatic carbocycles. The summed E-state index contributed by atoms with van der Waals surface area (Å²) in [6.07, 6.45) is 7.42. The summed E-state index contributed by atoms with van der Waals surface area (Å²) in [7, 11) is 4.29. The van der Waals surface area contributed by atoms with Gasteiger partial charge in [0.05, 0.1) is 12.1 Å². The predicted molar refractivity (Wildman–Crippen MR) is 147 cm³/mol. The van der Waals surface area contributed by atoms with Crippen molar-refractivity contribution in [3.05, 3.63) is 68.5 Å². The number of H-pyrrole nitrogens is 1. The second-order valence-electron chi connectivity index (χ2n) is 9.98. The van der Waals surface area contributed by atoms with E-state index in [-0.39, 0.29) is 17.9 Å². The summed E-state index contributed by atoms with van der Waals surface area (Å²) in [6.45, 7) is 6.78. The van der Waals surface area contributed by atoms with Gasteiger partial charge >= 0.3 is 0 Å². The third-order valence-corrected chi connectivity index (χ3v) is 7.62. The van der Waals surface area contributed by atoms with Crippen LogP contribution in [0.2, 0.25) is 5.02 Å². The first-order chi connectivity index (χ1) is 17.7. The lowest BCUT2D eigenvalue weighted by atomic mass is 9.89. The number of nitrogens with zero attached hydrogens (tertiary/aromatic N) is 5. The van der Waals surface area contributed by atoms with E-state index >= 15 is 0 Å². The Bertz CT molecular complexity index is 1290. The van der Waals surface area contributed by atoms with E-state index in [1.54, 1.807) is 13.0 Å². The molecule has 37 heavy (non-hydrogen) atoms. The molecule has 2 heterocycles. The second kappa shape index (κ2) is 11.5. The Morgan fingerprint density at radius 2 is 1.86 bits per heavy atom. The number of aromatic nitrogens is 4. The van der Waals surface area contributed by atoms with Gasteiger partial charge < -0.3 is 20.1 Å². The number of pyridine rings is 1. The lowest BCUT2D eigenvalue weighted by Gasteiger charge is -2.40. The molecule has 0 bridgehead atoms. The van der Waals surface area contributed by atoms with Crippen LogP contribution in [0.5, 0.6) is 0 Å². The summed E-state index contributed by atoms with van der Waals surface area (Å²) in [5.74, 6) is 0.204. The van der Waals surface area contributed by atoms with E-state index in [1.807, 2.05) is 13.0 Å². The van der Waals surface area contributed by atoms with Crippen molar-refractivity contribution in [2.45, 2.75) is 65.1 Å². The highest BCUT2D eigenvalue weighted by Gasteiger charge is 2.28. The molecule has 1 fully saturated rings. The van der Waals surface area contributed by atoms with Gasteiger partial charge in [0.2, 0.25) is 0 Å². The van der Waals surface area contributed by atoms with E-state index in [0.29, 0.717) is 39.7 Å². The van der Waals surface area contributed by atoms with Crippen LogP contribution in [0, 0.1) is 13.8 Å². The molecule has 4 rings (SSSR count). The van der Waals surface area contributed by atoms with Crippen LogP contribution >= 0.6 is 11.6 Å². The number of anilines is 1. The standard InChI is InChI=1S/C27H36ClN7O2/c1-6-34(21-9-7-20(8-10-21)33(4)5)24-13-19(28)12-22(18(24)3)27(37)30-14-23-25(36)11-17(2)32-26(23)35-16-29-15-31-35/h11-13,15-16,20-21H,6-10,14H2,1-5H3,(H,30,37)(H,32,36). The molecule has 1 amide bonds. The van der Waals surface area contributed by atoms with Gasteiger partial charge in [0.1, 0.15) is 18.5 Å². The quantitative estimate of drug-likeness (QED) is 0.463. The number of nitrogens with one attached hydrogen (secondary N) is 2. The number of amides is 1. The van der Waals surface area contributed by atoms with Gasteiger partial charge in [0.15, 0.2) is 5.43 Å². The van der Waals surface area contributed by atoms with E-state index in [9.17, 15) is 9.59 Å². The molecule has 0 spiro atoms. The number of hydrogen-bond acceptors (Lipinski definition) is 6. The Morgan fingerprint density at radius 1 is 1.16 bits per heavy atom. The Hall–Kier alpha value is -3.17. The van der Waals surface area contributed by atoms with Gasteiger partial charge in [0, 0.05) is 46.7 Å². The first-order valence-corrected chi connectivity index (χ1v) is 13.2. The fourth-order valence-corrected chi connectivity index (χ4v) is 5.58. The average Bonchev–Trinajstić information content (AvgIpc) is 3.40. The van der Waals surface area contributed by atoms with Crippen molar-refractivity contribution in [1.82, 2.24) is 30.0 Å². The normalized spacial score (nSPS) is 17.7. The fourth-order valence-electron chi connectivity index (χ4n) is 5.36. The lowest BCUT2D eigenvalue weighted by molar-refractivity contribution is 0.0950. The Labute approximate surface area is 222 Å². The highest BCUT2D eigenvalue weighted by molar-refractivity contribution is 6.31.